The number of nitrogens with two attached hydrogens (primary N) is 1. The smallest absolute Gasteiger partial charge is 0.265 e. The lowest BCUT2D eigenvalue weighted by molar-refractivity contribution is -0.139. The first-order chi connectivity index (χ1) is 7.77. The van der Waals surface area contributed by atoms with Crippen LogP contribution in [0.2, 0.25) is 0 Å². The Morgan fingerprint density at radius 1 is 1.56 bits per heavy atom. The average molecular weight is 240 g/mol. The lowest BCUT2D eigenvalue weighted by atomic mass is 10.2. The van der Waals surface area contributed by atoms with E-state index in [4.69, 9.17) is 10.6 Å². The second-order valence-corrected chi connectivity index (χ2v) is 4.96. The molecule has 1 aliphatic rings. The molecule has 2 rings (SSSR count). The second kappa shape index (κ2) is 5.43. The molecule has 0 aromatic carbocycles. The summed E-state index contributed by atoms with van der Waals surface area (Å²) in [7, 11) is 0. The molecule has 1 aromatic heterocycles. The van der Waals surface area contributed by atoms with Crippen molar-refractivity contribution in [1.82, 2.24) is 5.48 Å². The molecule has 0 aliphatic heterocycles. The maximum absolute atomic E-state index is 11.6. The molecule has 0 bridgehead atoms. The molecule has 1 aromatic rings. The topological polar surface area (TPSA) is 64.4 Å². The third kappa shape index (κ3) is 2.81. The Labute approximate surface area is 98.7 Å². The van der Waals surface area contributed by atoms with E-state index in [9.17, 15) is 4.79 Å². The van der Waals surface area contributed by atoms with Crippen LogP contribution in [-0.2, 0) is 9.63 Å². The van der Waals surface area contributed by atoms with Gasteiger partial charge in [0.1, 0.15) is 6.04 Å². The van der Waals surface area contributed by atoms with Gasteiger partial charge in [-0.3, -0.25) is 9.63 Å². The minimum absolute atomic E-state index is 0.166. The summed E-state index contributed by atoms with van der Waals surface area (Å²) in [5.74, 6) is -0.269. The number of rotatable bonds is 4. The summed E-state index contributed by atoms with van der Waals surface area (Å²) < 4.78 is 0. The van der Waals surface area contributed by atoms with Gasteiger partial charge in [0.15, 0.2) is 0 Å². The van der Waals surface area contributed by atoms with Crippen molar-refractivity contribution >= 4 is 17.2 Å². The number of amides is 1. The van der Waals surface area contributed by atoms with Gasteiger partial charge in [-0.2, -0.15) is 0 Å². The number of hydroxylamine groups is 1. The predicted octanol–water partition coefficient (Wildman–Crippen LogP) is 1.74. The van der Waals surface area contributed by atoms with Crippen molar-refractivity contribution in [1.29, 1.82) is 0 Å². The Kier molecular flexibility index (Phi) is 3.93. The summed E-state index contributed by atoms with van der Waals surface area (Å²) in [6, 6.07) is 3.11. The predicted molar refractivity (Wildman–Crippen MR) is 62.7 cm³/mol. The molecule has 88 valence electrons. The second-order valence-electron chi connectivity index (χ2n) is 3.98. The minimum atomic E-state index is -0.624. The molecular weight excluding hydrogens is 224 g/mol. The van der Waals surface area contributed by atoms with Gasteiger partial charge in [0.2, 0.25) is 0 Å². The van der Waals surface area contributed by atoms with Crippen LogP contribution in [0.15, 0.2) is 17.5 Å². The molecule has 1 amide bonds. The number of carbonyl (C=O) groups excluding carboxylic acids is 1. The molecule has 1 unspecified atom stereocenters. The third-order valence-electron chi connectivity index (χ3n) is 2.76. The summed E-state index contributed by atoms with van der Waals surface area (Å²) >= 11 is 1.48. The number of carbonyl (C=O) groups is 1. The number of nitrogens with one attached hydrogen (secondary N) is 1. The fourth-order valence-corrected chi connectivity index (χ4v) is 2.53. The maximum atomic E-state index is 11.6. The first-order valence-corrected chi connectivity index (χ1v) is 6.40. The van der Waals surface area contributed by atoms with E-state index in [1.54, 1.807) is 0 Å². The van der Waals surface area contributed by atoms with E-state index in [2.05, 4.69) is 5.48 Å². The van der Waals surface area contributed by atoms with Crippen LogP contribution < -0.4 is 11.2 Å². The van der Waals surface area contributed by atoms with Gasteiger partial charge < -0.3 is 5.73 Å². The van der Waals surface area contributed by atoms with E-state index in [1.165, 1.54) is 24.2 Å². The van der Waals surface area contributed by atoms with Crippen LogP contribution >= 0.6 is 11.3 Å². The van der Waals surface area contributed by atoms with E-state index in [-0.39, 0.29) is 12.0 Å². The van der Waals surface area contributed by atoms with Crippen LogP contribution in [-0.4, -0.2) is 12.0 Å². The Hall–Kier alpha value is -0.910. The highest BCUT2D eigenvalue weighted by Crippen LogP contribution is 2.21. The zero-order valence-corrected chi connectivity index (χ0v) is 9.83. The molecule has 3 N–H and O–H groups in total. The molecule has 5 heteroatoms. The van der Waals surface area contributed by atoms with E-state index in [1.807, 2.05) is 17.5 Å². The first kappa shape index (κ1) is 11.6. The van der Waals surface area contributed by atoms with Gasteiger partial charge in [0, 0.05) is 4.88 Å². The standard InChI is InChI=1S/C11H16N2O2S/c12-10(9-6-3-7-16-9)11(14)13-15-8-4-1-2-5-8/h3,6-8,10H,1-2,4-5,12H2,(H,13,14). The van der Waals surface area contributed by atoms with E-state index < -0.39 is 6.04 Å². The molecule has 1 atom stereocenters. The molecule has 0 radical (unpaired) electrons. The summed E-state index contributed by atoms with van der Waals surface area (Å²) in [5, 5.41) is 1.90. The van der Waals surface area contributed by atoms with E-state index >= 15 is 0 Å². The normalized spacial score (nSPS) is 18.6. The Balaban J connectivity index is 1.79. The SMILES string of the molecule is NC(C(=O)NOC1CCCC1)c1cccs1. The van der Waals surface area contributed by atoms with E-state index in [0.29, 0.717) is 0 Å². The first-order valence-electron chi connectivity index (χ1n) is 5.52. The van der Waals surface area contributed by atoms with Crippen LogP contribution in [0.1, 0.15) is 36.6 Å². The van der Waals surface area contributed by atoms with Crippen molar-refractivity contribution in [2.24, 2.45) is 5.73 Å². The van der Waals surface area contributed by atoms with Crippen molar-refractivity contribution in [3.05, 3.63) is 22.4 Å². The van der Waals surface area contributed by atoms with Gasteiger partial charge in [-0.15, -0.1) is 11.3 Å². The van der Waals surface area contributed by atoms with Gasteiger partial charge in [0.25, 0.3) is 5.91 Å². The van der Waals surface area contributed by atoms with Gasteiger partial charge >= 0.3 is 0 Å². The zero-order valence-electron chi connectivity index (χ0n) is 9.02. The van der Waals surface area contributed by atoms with Gasteiger partial charge in [0.05, 0.1) is 6.10 Å². The van der Waals surface area contributed by atoms with Gasteiger partial charge in [-0.1, -0.05) is 18.9 Å². The van der Waals surface area contributed by atoms with Crippen molar-refractivity contribution in [2.75, 3.05) is 0 Å². The molecular formula is C11H16N2O2S. The monoisotopic (exact) mass is 240 g/mol. The van der Waals surface area contributed by atoms with E-state index in [0.717, 1.165) is 17.7 Å². The quantitative estimate of drug-likeness (QED) is 0.788. The van der Waals surface area contributed by atoms with Crippen LogP contribution in [0.5, 0.6) is 0 Å². The highest BCUT2D eigenvalue weighted by atomic mass is 32.1. The fraction of sp³-hybridized carbons (Fsp3) is 0.545. The number of hydrogen-bond acceptors (Lipinski definition) is 4. The van der Waals surface area contributed by atoms with Gasteiger partial charge in [-0.25, -0.2) is 5.48 Å². The maximum Gasteiger partial charge on any atom is 0.265 e. The van der Waals surface area contributed by atoms with Crippen molar-refractivity contribution in [3.63, 3.8) is 0 Å². The Bertz CT molecular complexity index is 334. The Morgan fingerprint density at radius 3 is 2.94 bits per heavy atom. The number of thiophene rings is 1. The highest BCUT2D eigenvalue weighted by Gasteiger charge is 2.20. The number of hydrogen-bond donors (Lipinski definition) is 2. The van der Waals surface area contributed by atoms with Crippen molar-refractivity contribution in [3.8, 4) is 0 Å². The largest absolute Gasteiger partial charge is 0.315 e. The molecule has 1 fully saturated rings. The summed E-state index contributed by atoms with van der Waals surface area (Å²) in [6.45, 7) is 0. The van der Waals surface area contributed by atoms with Crippen LogP contribution in [0, 0.1) is 0 Å². The summed E-state index contributed by atoms with van der Waals surface area (Å²) in [4.78, 5) is 17.8. The molecule has 4 nitrogen and oxygen atoms in total. The molecule has 16 heavy (non-hydrogen) atoms. The lowest BCUT2D eigenvalue weighted by Crippen LogP contribution is -2.35. The lowest BCUT2D eigenvalue weighted by Gasteiger charge is -2.14. The fourth-order valence-electron chi connectivity index (χ4n) is 1.81. The zero-order chi connectivity index (χ0) is 11.4. The third-order valence-corrected chi connectivity index (χ3v) is 3.72. The molecule has 1 heterocycles. The Morgan fingerprint density at radius 2 is 2.31 bits per heavy atom. The summed E-state index contributed by atoms with van der Waals surface area (Å²) in [6.07, 6.45) is 4.57. The molecule has 1 saturated carbocycles. The molecule has 1 aliphatic carbocycles. The van der Waals surface area contributed by atoms with Crippen molar-refractivity contribution < 1.29 is 9.63 Å². The van der Waals surface area contributed by atoms with Crippen LogP contribution in [0.3, 0.4) is 0 Å². The van der Waals surface area contributed by atoms with Crippen molar-refractivity contribution in [2.45, 2.75) is 37.8 Å². The van der Waals surface area contributed by atoms with Crippen LogP contribution in [0.25, 0.3) is 0 Å². The van der Waals surface area contributed by atoms with Gasteiger partial charge in [-0.05, 0) is 24.3 Å². The highest BCUT2D eigenvalue weighted by molar-refractivity contribution is 7.10. The minimum Gasteiger partial charge on any atom is -0.315 e. The molecule has 0 saturated heterocycles. The van der Waals surface area contributed by atoms with Crippen LogP contribution in [0.4, 0.5) is 0 Å². The summed E-state index contributed by atoms with van der Waals surface area (Å²) in [5.41, 5.74) is 8.24. The molecule has 0 spiro atoms. The average Bonchev–Trinajstić information content (AvgIpc) is 2.96.